The molecule has 7 rings (SSSR count). The number of aromatic nitrogens is 5. The zero-order valence-electron chi connectivity index (χ0n) is 27.0. The quantitative estimate of drug-likeness (QED) is 0.347. The predicted octanol–water partition coefficient (Wildman–Crippen LogP) is 2.61. The van der Waals surface area contributed by atoms with E-state index < -0.39 is 27.4 Å². The highest BCUT2D eigenvalue weighted by atomic mass is 32.2. The van der Waals surface area contributed by atoms with Gasteiger partial charge < -0.3 is 29.5 Å². The maximum atomic E-state index is 14.6. The van der Waals surface area contributed by atoms with Gasteiger partial charge in [0.2, 0.25) is 11.9 Å². The van der Waals surface area contributed by atoms with Gasteiger partial charge in [-0.2, -0.15) is 10.1 Å². The largest absolute Gasteiger partial charge is 0.379 e. The van der Waals surface area contributed by atoms with E-state index in [-0.39, 0.29) is 49.4 Å². The smallest absolute Gasteiger partial charge is 0.246 e. The number of carbonyl (C=O) groups is 1. The van der Waals surface area contributed by atoms with E-state index in [0.29, 0.717) is 55.2 Å². The second-order valence-electron chi connectivity index (χ2n) is 12.8. The van der Waals surface area contributed by atoms with Crippen LogP contribution in [0, 0.1) is 5.92 Å². The maximum absolute atomic E-state index is 14.6. The standard InChI is InChI=1S/C32H40FN9O5S/c1-4-29(43)41-10-5-6-24(41)30-20-14-28(36-27-7-9-34-32(37-27)40-11-8-25(46-3)23(33)17-40)35-15-21(20)31(39-38-30)42-16-22(19(42)2)26-18-47-12-13-48(26,44)45/h4,7,9,14-15,19,22-26H,1,5-6,8,10-13,16-18H2,2-3H3,(H,34,35,36,37)/t19?,22?,23-,24?,25+,26?/m0/s1. The number of pyridine rings is 1. The fourth-order valence-corrected chi connectivity index (χ4v) is 9.21. The molecule has 1 amide bonds. The molecule has 7 heterocycles. The summed E-state index contributed by atoms with van der Waals surface area (Å²) in [7, 11) is -1.72. The van der Waals surface area contributed by atoms with Crippen LogP contribution < -0.4 is 15.1 Å². The summed E-state index contributed by atoms with van der Waals surface area (Å²) in [6, 6.07) is 3.18. The van der Waals surface area contributed by atoms with E-state index in [2.05, 4.69) is 31.9 Å². The highest BCUT2D eigenvalue weighted by molar-refractivity contribution is 7.92. The van der Waals surface area contributed by atoms with E-state index >= 15 is 0 Å². The van der Waals surface area contributed by atoms with Gasteiger partial charge >= 0.3 is 0 Å². The van der Waals surface area contributed by atoms with Gasteiger partial charge in [-0.3, -0.25) is 4.79 Å². The van der Waals surface area contributed by atoms with Crippen LogP contribution in [0.5, 0.6) is 0 Å². The zero-order valence-corrected chi connectivity index (χ0v) is 27.9. The van der Waals surface area contributed by atoms with Gasteiger partial charge in [0.25, 0.3) is 0 Å². The Morgan fingerprint density at radius 1 is 1.17 bits per heavy atom. The first-order chi connectivity index (χ1) is 23.2. The molecule has 0 spiro atoms. The third-order valence-corrected chi connectivity index (χ3v) is 12.3. The molecule has 6 atom stereocenters. The molecule has 14 nitrogen and oxygen atoms in total. The van der Waals surface area contributed by atoms with Gasteiger partial charge in [-0.25, -0.2) is 22.8 Å². The molecular formula is C32H40FN9O5S. The number of nitrogens with one attached hydrogen (secondary N) is 1. The topological polar surface area (TPSA) is 156 Å². The van der Waals surface area contributed by atoms with Gasteiger partial charge in [-0.1, -0.05) is 6.58 Å². The predicted molar refractivity (Wildman–Crippen MR) is 178 cm³/mol. The van der Waals surface area contributed by atoms with Crippen molar-refractivity contribution in [2.24, 2.45) is 5.92 Å². The van der Waals surface area contributed by atoms with E-state index in [1.165, 1.54) is 13.2 Å². The minimum atomic E-state index is -3.24. The lowest BCUT2D eigenvalue weighted by Gasteiger charge is -2.50. The molecule has 256 valence electrons. The number of nitrogens with zero attached hydrogens (tertiary/aromatic N) is 8. The summed E-state index contributed by atoms with van der Waals surface area (Å²) in [6.07, 6.45) is 5.15. The van der Waals surface area contributed by atoms with Crippen LogP contribution in [0.1, 0.15) is 37.9 Å². The number of piperidine rings is 1. The summed E-state index contributed by atoms with van der Waals surface area (Å²) in [5.41, 5.74) is 0.651. The number of rotatable bonds is 8. The molecule has 0 bridgehead atoms. The number of amides is 1. The van der Waals surface area contributed by atoms with E-state index in [1.807, 2.05) is 13.0 Å². The molecule has 3 aromatic rings. The van der Waals surface area contributed by atoms with Crippen LogP contribution >= 0.6 is 0 Å². The lowest BCUT2D eigenvalue weighted by molar-refractivity contribution is -0.126. The van der Waals surface area contributed by atoms with Crippen molar-refractivity contribution in [3.8, 4) is 0 Å². The van der Waals surface area contributed by atoms with Gasteiger partial charge in [0.1, 0.15) is 17.8 Å². The van der Waals surface area contributed by atoms with Crippen molar-refractivity contribution in [1.29, 1.82) is 0 Å². The van der Waals surface area contributed by atoms with Crippen LogP contribution in [0.25, 0.3) is 10.8 Å². The summed E-state index contributed by atoms with van der Waals surface area (Å²) < 4.78 is 51.1. The van der Waals surface area contributed by atoms with Gasteiger partial charge in [-0.05, 0) is 44.4 Å². The van der Waals surface area contributed by atoms with Crippen LogP contribution in [-0.2, 0) is 24.1 Å². The summed E-state index contributed by atoms with van der Waals surface area (Å²) in [4.78, 5) is 32.1. The van der Waals surface area contributed by atoms with Crippen LogP contribution in [0.3, 0.4) is 0 Å². The van der Waals surface area contributed by atoms with E-state index in [9.17, 15) is 17.6 Å². The lowest BCUT2D eigenvalue weighted by atomic mass is 9.86. The fraction of sp³-hybridized carbons (Fsp3) is 0.562. The molecule has 4 fully saturated rings. The van der Waals surface area contributed by atoms with Crippen LogP contribution in [-0.4, -0.2) is 120 Å². The number of carbonyl (C=O) groups excluding carboxylic acids is 1. The number of methoxy groups -OCH3 is 1. The van der Waals surface area contributed by atoms with Crippen LogP contribution in [0.4, 0.5) is 27.8 Å². The minimum Gasteiger partial charge on any atom is -0.379 e. The Labute approximate surface area is 278 Å². The Kier molecular flexibility index (Phi) is 8.89. The first-order valence-corrected chi connectivity index (χ1v) is 18.1. The van der Waals surface area contributed by atoms with Gasteiger partial charge in [0.05, 0.1) is 48.6 Å². The number of hydrogen-bond donors (Lipinski definition) is 1. The number of sulfone groups is 1. The monoisotopic (exact) mass is 681 g/mol. The Bertz CT molecular complexity index is 1820. The lowest BCUT2D eigenvalue weighted by Crippen LogP contribution is -2.62. The van der Waals surface area contributed by atoms with Crippen molar-refractivity contribution in [3.05, 3.63) is 42.9 Å². The number of alkyl halides is 1. The molecule has 1 N–H and O–H groups in total. The van der Waals surface area contributed by atoms with Gasteiger partial charge in [0.15, 0.2) is 15.7 Å². The fourth-order valence-electron chi connectivity index (χ4n) is 7.41. The van der Waals surface area contributed by atoms with Crippen molar-refractivity contribution in [3.63, 3.8) is 0 Å². The van der Waals surface area contributed by atoms with Crippen LogP contribution in [0.15, 0.2) is 37.2 Å². The molecule has 4 aliphatic rings. The first kappa shape index (κ1) is 32.5. The molecule has 4 unspecified atom stereocenters. The molecule has 3 aromatic heterocycles. The van der Waals surface area contributed by atoms with Crippen molar-refractivity contribution >= 4 is 49.9 Å². The Hall–Kier alpha value is -4.02. The van der Waals surface area contributed by atoms with Crippen molar-refractivity contribution in [2.75, 3.05) is 67.4 Å². The average molecular weight is 682 g/mol. The molecule has 0 aliphatic carbocycles. The highest BCUT2D eigenvalue weighted by Gasteiger charge is 2.48. The SMILES string of the molecule is C=CC(=O)N1CCCC1c1nnc(N2CC(C3COCCS3(=O)=O)C2C)c2cnc(Nc3ccnc(N4CC[C@@H](OC)[C@@H](F)C4)n3)cc12. The summed E-state index contributed by atoms with van der Waals surface area (Å²) >= 11 is 0. The second kappa shape index (κ2) is 13.1. The summed E-state index contributed by atoms with van der Waals surface area (Å²) in [5, 5.41) is 13.6. The van der Waals surface area contributed by atoms with Crippen LogP contribution in [0.2, 0.25) is 0 Å². The molecule has 0 radical (unpaired) electrons. The third-order valence-electron chi connectivity index (χ3n) is 10.2. The minimum absolute atomic E-state index is 0.0375. The number of hydrogen-bond acceptors (Lipinski definition) is 13. The number of anilines is 4. The number of halogens is 1. The van der Waals surface area contributed by atoms with Crippen molar-refractivity contribution in [2.45, 2.75) is 55.8 Å². The van der Waals surface area contributed by atoms with Gasteiger partial charge in [-0.15, -0.1) is 5.10 Å². The van der Waals surface area contributed by atoms with Gasteiger partial charge in [0, 0.05) is 61.9 Å². The number of likely N-dealkylation sites (tertiary alicyclic amines) is 1. The molecule has 48 heavy (non-hydrogen) atoms. The Balaban J connectivity index is 1.20. The van der Waals surface area contributed by atoms with Crippen molar-refractivity contribution in [1.82, 2.24) is 30.0 Å². The zero-order chi connectivity index (χ0) is 33.6. The molecular weight excluding hydrogens is 641 g/mol. The van der Waals surface area contributed by atoms with E-state index in [0.717, 1.165) is 23.6 Å². The summed E-state index contributed by atoms with van der Waals surface area (Å²) in [5.74, 6) is 1.76. The average Bonchev–Trinajstić information content (AvgIpc) is 3.58. The molecule has 4 saturated heterocycles. The normalized spacial score (nSPS) is 28.7. The molecule has 16 heteroatoms. The Morgan fingerprint density at radius 2 is 2.02 bits per heavy atom. The molecule has 4 aliphatic heterocycles. The third kappa shape index (κ3) is 5.94. The summed E-state index contributed by atoms with van der Waals surface area (Å²) in [6.45, 7) is 7.90. The molecule has 0 saturated carbocycles. The second-order valence-corrected chi connectivity index (χ2v) is 15.2. The highest BCUT2D eigenvalue weighted by Crippen LogP contribution is 2.42. The van der Waals surface area contributed by atoms with E-state index in [1.54, 1.807) is 28.3 Å². The van der Waals surface area contributed by atoms with Crippen molar-refractivity contribution < 1.29 is 27.1 Å². The molecule has 0 aromatic carbocycles. The number of fused-ring (bicyclic) bond motifs is 1. The first-order valence-electron chi connectivity index (χ1n) is 16.4. The van der Waals surface area contributed by atoms with E-state index in [4.69, 9.17) is 19.6 Å². The maximum Gasteiger partial charge on any atom is 0.246 e. The number of ether oxygens (including phenoxy) is 2. The Morgan fingerprint density at radius 3 is 2.77 bits per heavy atom.